The molecule has 152 valence electrons. The summed E-state index contributed by atoms with van der Waals surface area (Å²) in [4.78, 5) is 26.1. The van der Waals surface area contributed by atoms with E-state index in [1.807, 2.05) is 41.6 Å². The highest BCUT2D eigenvalue weighted by molar-refractivity contribution is 7.13. The molecule has 0 saturated carbocycles. The van der Waals surface area contributed by atoms with E-state index in [1.165, 1.54) is 5.56 Å². The van der Waals surface area contributed by atoms with E-state index in [9.17, 15) is 4.79 Å². The molecular formula is C21H26N6OS. The van der Waals surface area contributed by atoms with Gasteiger partial charge in [0.2, 0.25) is 5.82 Å². The lowest BCUT2D eigenvalue weighted by atomic mass is 10.0. The van der Waals surface area contributed by atoms with Crippen molar-refractivity contribution in [2.45, 2.75) is 33.1 Å². The Morgan fingerprint density at radius 1 is 1.14 bits per heavy atom. The van der Waals surface area contributed by atoms with Gasteiger partial charge in [-0.2, -0.15) is 0 Å². The topological polar surface area (TPSA) is 67.2 Å². The van der Waals surface area contributed by atoms with Crippen LogP contribution in [0.3, 0.4) is 0 Å². The number of nitrogens with zero attached hydrogens (tertiary/aromatic N) is 6. The molecule has 0 unspecified atom stereocenters. The molecule has 1 amide bonds. The Labute approximate surface area is 175 Å². The normalized spacial score (nSPS) is 15.0. The molecule has 4 rings (SSSR count). The SMILES string of the molecule is Cc1nc(C(=O)N2CCCN(c3nccs3)CC2)nn1-c1ccccc1C(C)C. The van der Waals surface area contributed by atoms with Crippen LogP contribution in [-0.2, 0) is 0 Å². The largest absolute Gasteiger partial charge is 0.346 e. The molecular weight excluding hydrogens is 384 g/mol. The number of benzene rings is 1. The van der Waals surface area contributed by atoms with E-state index in [0.717, 1.165) is 36.2 Å². The van der Waals surface area contributed by atoms with E-state index >= 15 is 0 Å². The van der Waals surface area contributed by atoms with Crippen LogP contribution in [0, 0.1) is 6.92 Å². The fourth-order valence-corrected chi connectivity index (χ4v) is 4.40. The van der Waals surface area contributed by atoms with Gasteiger partial charge in [-0.1, -0.05) is 32.0 Å². The zero-order valence-corrected chi connectivity index (χ0v) is 17.9. The van der Waals surface area contributed by atoms with Crippen LogP contribution in [0.15, 0.2) is 35.8 Å². The average molecular weight is 411 g/mol. The number of hydrogen-bond acceptors (Lipinski definition) is 6. The summed E-state index contributed by atoms with van der Waals surface area (Å²) in [7, 11) is 0. The second-order valence-corrected chi connectivity index (χ2v) is 8.43. The smallest absolute Gasteiger partial charge is 0.293 e. The monoisotopic (exact) mass is 410 g/mol. The van der Waals surface area contributed by atoms with E-state index < -0.39 is 0 Å². The first-order valence-electron chi connectivity index (χ1n) is 10.0. The first kappa shape index (κ1) is 19.6. The van der Waals surface area contributed by atoms with Gasteiger partial charge in [-0.15, -0.1) is 16.4 Å². The number of carbonyl (C=O) groups is 1. The Balaban J connectivity index is 1.54. The molecule has 3 heterocycles. The minimum absolute atomic E-state index is 0.102. The maximum Gasteiger partial charge on any atom is 0.293 e. The molecule has 1 aromatic carbocycles. The molecule has 8 heteroatoms. The number of aromatic nitrogens is 4. The third-order valence-corrected chi connectivity index (χ3v) is 6.05. The average Bonchev–Trinajstić information content (AvgIpc) is 3.32. The highest BCUT2D eigenvalue weighted by atomic mass is 32.1. The molecule has 0 radical (unpaired) electrons. The zero-order chi connectivity index (χ0) is 20.4. The summed E-state index contributed by atoms with van der Waals surface area (Å²) in [6.07, 6.45) is 2.73. The number of carbonyl (C=O) groups excluding carboxylic acids is 1. The van der Waals surface area contributed by atoms with E-state index in [4.69, 9.17) is 0 Å². The molecule has 0 atom stereocenters. The van der Waals surface area contributed by atoms with E-state index in [-0.39, 0.29) is 11.7 Å². The van der Waals surface area contributed by atoms with Gasteiger partial charge >= 0.3 is 0 Å². The molecule has 0 aliphatic carbocycles. The molecule has 1 saturated heterocycles. The summed E-state index contributed by atoms with van der Waals surface area (Å²) in [6, 6.07) is 8.15. The summed E-state index contributed by atoms with van der Waals surface area (Å²) in [5, 5.41) is 7.59. The van der Waals surface area contributed by atoms with Crippen molar-refractivity contribution in [3.63, 3.8) is 0 Å². The van der Waals surface area contributed by atoms with Gasteiger partial charge < -0.3 is 9.80 Å². The molecule has 1 fully saturated rings. The van der Waals surface area contributed by atoms with Gasteiger partial charge in [0.1, 0.15) is 5.82 Å². The Morgan fingerprint density at radius 2 is 1.97 bits per heavy atom. The van der Waals surface area contributed by atoms with Crippen molar-refractivity contribution in [1.29, 1.82) is 0 Å². The maximum atomic E-state index is 13.1. The highest BCUT2D eigenvalue weighted by Gasteiger charge is 2.25. The first-order chi connectivity index (χ1) is 14.0. The zero-order valence-electron chi connectivity index (χ0n) is 17.1. The molecule has 2 aromatic heterocycles. The highest BCUT2D eigenvalue weighted by Crippen LogP contribution is 2.24. The number of amides is 1. The third-order valence-electron chi connectivity index (χ3n) is 5.22. The second kappa shape index (κ2) is 8.32. The Morgan fingerprint density at radius 3 is 2.72 bits per heavy atom. The van der Waals surface area contributed by atoms with Crippen molar-refractivity contribution in [3.05, 3.63) is 53.1 Å². The van der Waals surface area contributed by atoms with Gasteiger partial charge in [-0.05, 0) is 30.9 Å². The number of para-hydroxylation sites is 1. The predicted octanol–water partition coefficient (Wildman–Crippen LogP) is 3.51. The lowest BCUT2D eigenvalue weighted by Gasteiger charge is -2.20. The van der Waals surface area contributed by atoms with Crippen LogP contribution in [0.25, 0.3) is 5.69 Å². The summed E-state index contributed by atoms with van der Waals surface area (Å²) in [6.45, 7) is 9.24. The number of rotatable bonds is 4. The van der Waals surface area contributed by atoms with Crippen LogP contribution in [0.1, 0.15) is 48.2 Å². The fourth-order valence-electron chi connectivity index (χ4n) is 3.70. The predicted molar refractivity (Wildman–Crippen MR) is 115 cm³/mol. The summed E-state index contributed by atoms with van der Waals surface area (Å²) >= 11 is 1.63. The lowest BCUT2D eigenvalue weighted by Crippen LogP contribution is -2.35. The number of hydrogen-bond donors (Lipinski definition) is 0. The van der Waals surface area contributed by atoms with Gasteiger partial charge in [-0.3, -0.25) is 4.79 Å². The maximum absolute atomic E-state index is 13.1. The quantitative estimate of drug-likeness (QED) is 0.658. The molecule has 1 aliphatic rings. The number of thiazole rings is 1. The van der Waals surface area contributed by atoms with Crippen LogP contribution in [-0.4, -0.2) is 56.7 Å². The molecule has 29 heavy (non-hydrogen) atoms. The van der Waals surface area contributed by atoms with Crippen molar-refractivity contribution in [2.24, 2.45) is 0 Å². The minimum Gasteiger partial charge on any atom is -0.346 e. The van der Waals surface area contributed by atoms with Crippen molar-refractivity contribution in [3.8, 4) is 5.69 Å². The van der Waals surface area contributed by atoms with Crippen LogP contribution in [0.4, 0.5) is 5.13 Å². The lowest BCUT2D eigenvalue weighted by molar-refractivity contribution is 0.0755. The van der Waals surface area contributed by atoms with Crippen molar-refractivity contribution in [1.82, 2.24) is 24.6 Å². The summed E-state index contributed by atoms with van der Waals surface area (Å²) < 4.78 is 1.79. The molecule has 1 aliphatic heterocycles. The Kier molecular flexibility index (Phi) is 5.62. The Hall–Kier alpha value is -2.74. The third kappa shape index (κ3) is 4.03. The van der Waals surface area contributed by atoms with Crippen molar-refractivity contribution in [2.75, 3.05) is 31.1 Å². The summed E-state index contributed by atoms with van der Waals surface area (Å²) in [5.74, 6) is 1.25. The standard InChI is InChI=1S/C21H26N6OS/c1-15(2)17-7-4-5-8-18(17)27-16(3)23-19(24-27)20(28)25-10-6-11-26(13-12-25)21-22-9-14-29-21/h4-5,7-9,14-15H,6,10-13H2,1-3H3. The molecule has 0 N–H and O–H groups in total. The van der Waals surface area contributed by atoms with Gasteiger partial charge in [0.05, 0.1) is 5.69 Å². The van der Waals surface area contributed by atoms with Crippen LogP contribution in [0.5, 0.6) is 0 Å². The van der Waals surface area contributed by atoms with Crippen LogP contribution in [0.2, 0.25) is 0 Å². The number of aryl methyl sites for hydroxylation is 1. The minimum atomic E-state index is -0.102. The fraction of sp³-hybridized carbons (Fsp3) is 0.429. The summed E-state index contributed by atoms with van der Waals surface area (Å²) in [5.41, 5.74) is 2.17. The van der Waals surface area contributed by atoms with Gasteiger partial charge in [-0.25, -0.2) is 14.6 Å². The van der Waals surface area contributed by atoms with E-state index in [2.05, 4.69) is 39.9 Å². The molecule has 0 bridgehead atoms. The van der Waals surface area contributed by atoms with Gasteiger partial charge in [0.15, 0.2) is 5.13 Å². The molecule has 0 spiro atoms. The van der Waals surface area contributed by atoms with Gasteiger partial charge in [0.25, 0.3) is 5.91 Å². The van der Waals surface area contributed by atoms with Crippen molar-refractivity contribution >= 4 is 22.4 Å². The Bertz CT molecular complexity index is 981. The van der Waals surface area contributed by atoms with E-state index in [0.29, 0.717) is 19.0 Å². The van der Waals surface area contributed by atoms with E-state index in [1.54, 1.807) is 16.0 Å². The van der Waals surface area contributed by atoms with Crippen LogP contribution < -0.4 is 4.90 Å². The molecule has 7 nitrogen and oxygen atoms in total. The van der Waals surface area contributed by atoms with Crippen LogP contribution >= 0.6 is 11.3 Å². The number of anilines is 1. The molecule has 3 aromatic rings. The van der Waals surface area contributed by atoms with Crippen molar-refractivity contribution < 1.29 is 4.79 Å². The first-order valence-corrected chi connectivity index (χ1v) is 10.9. The second-order valence-electron chi connectivity index (χ2n) is 7.56. The van der Waals surface area contributed by atoms with Gasteiger partial charge in [0, 0.05) is 37.8 Å².